The highest BCUT2D eigenvalue weighted by Gasteiger charge is 2.28. The van der Waals surface area contributed by atoms with Crippen LogP contribution in [0.4, 0.5) is 0 Å². The maximum absolute atomic E-state index is 11.8. The van der Waals surface area contributed by atoms with Gasteiger partial charge in [0.25, 0.3) is 0 Å². The van der Waals surface area contributed by atoms with Crippen molar-refractivity contribution < 1.29 is 23.8 Å². The van der Waals surface area contributed by atoms with E-state index in [2.05, 4.69) is 0 Å². The van der Waals surface area contributed by atoms with E-state index in [0.717, 1.165) is 25.0 Å². The van der Waals surface area contributed by atoms with Gasteiger partial charge in [-0.1, -0.05) is 30.5 Å². The summed E-state index contributed by atoms with van der Waals surface area (Å²) in [6.07, 6.45) is 2.82. The van der Waals surface area contributed by atoms with E-state index in [4.69, 9.17) is 25.8 Å². The van der Waals surface area contributed by atoms with Crippen LogP contribution in [-0.2, 0) is 19.1 Å². The molecule has 0 aliphatic heterocycles. The summed E-state index contributed by atoms with van der Waals surface area (Å²) in [6, 6.07) is 7.24. The predicted octanol–water partition coefficient (Wildman–Crippen LogP) is 4.02. The summed E-state index contributed by atoms with van der Waals surface area (Å²) < 4.78 is 15.5. The van der Waals surface area contributed by atoms with Gasteiger partial charge in [0.1, 0.15) is 5.75 Å². The zero-order valence-electron chi connectivity index (χ0n) is 14.3. The molecule has 0 spiro atoms. The molecule has 1 aromatic carbocycles. The number of hydrogen-bond acceptors (Lipinski definition) is 5. The monoisotopic (exact) mass is 356 g/mol. The van der Waals surface area contributed by atoms with Crippen LogP contribution < -0.4 is 4.74 Å². The first kappa shape index (κ1) is 20.3. The van der Waals surface area contributed by atoms with E-state index < -0.39 is 17.9 Å². The average molecular weight is 357 g/mol. The van der Waals surface area contributed by atoms with Crippen molar-refractivity contribution >= 4 is 23.5 Å². The Balaban J connectivity index is 2.29. The Bertz CT molecular complexity index is 500. The van der Waals surface area contributed by atoms with E-state index in [1.165, 1.54) is 0 Å². The van der Waals surface area contributed by atoms with Crippen molar-refractivity contribution in [2.75, 3.05) is 19.8 Å². The molecule has 134 valence electrons. The third-order valence-corrected chi connectivity index (χ3v) is 3.58. The van der Waals surface area contributed by atoms with Crippen molar-refractivity contribution in [2.45, 2.75) is 39.5 Å². The highest BCUT2D eigenvalue weighted by molar-refractivity contribution is 6.30. The molecule has 0 aliphatic rings. The maximum atomic E-state index is 11.8. The van der Waals surface area contributed by atoms with Gasteiger partial charge in [-0.25, -0.2) is 0 Å². The standard InChI is InChI=1S/C18H25ClO5/c1-3-22-17(20)16(18(21)23-4-2)11-6-5-7-12-24-15-10-8-9-14(19)13-15/h8-10,13,16H,3-7,11-12H2,1-2H3. The van der Waals surface area contributed by atoms with Crippen LogP contribution >= 0.6 is 11.6 Å². The van der Waals surface area contributed by atoms with Gasteiger partial charge in [0.15, 0.2) is 5.92 Å². The number of carbonyl (C=O) groups is 2. The van der Waals surface area contributed by atoms with Crippen LogP contribution in [0.15, 0.2) is 24.3 Å². The van der Waals surface area contributed by atoms with Gasteiger partial charge in [-0.15, -0.1) is 0 Å². The van der Waals surface area contributed by atoms with Crippen LogP contribution in [0.25, 0.3) is 0 Å². The van der Waals surface area contributed by atoms with Gasteiger partial charge < -0.3 is 14.2 Å². The van der Waals surface area contributed by atoms with E-state index in [0.29, 0.717) is 18.1 Å². The molecule has 6 heteroatoms. The lowest BCUT2D eigenvalue weighted by Crippen LogP contribution is -2.28. The van der Waals surface area contributed by atoms with Crippen LogP contribution in [0.2, 0.25) is 5.02 Å². The fourth-order valence-corrected chi connectivity index (χ4v) is 2.37. The number of benzene rings is 1. The molecule has 0 N–H and O–H groups in total. The van der Waals surface area contributed by atoms with Crippen molar-refractivity contribution in [3.8, 4) is 5.75 Å². The summed E-state index contributed by atoms with van der Waals surface area (Å²) in [4.78, 5) is 23.7. The van der Waals surface area contributed by atoms with Gasteiger partial charge in [-0.05, 0) is 44.9 Å². The zero-order chi connectivity index (χ0) is 17.8. The predicted molar refractivity (Wildman–Crippen MR) is 92.2 cm³/mol. The van der Waals surface area contributed by atoms with Crippen molar-refractivity contribution in [1.82, 2.24) is 0 Å². The fraction of sp³-hybridized carbons (Fsp3) is 0.556. The number of esters is 2. The topological polar surface area (TPSA) is 61.8 Å². The molecular weight excluding hydrogens is 332 g/mol. The van der Waals surface area contributed by atoms with Gasteiger partial charge in [-0.3, -0.25) is 9.59 Å². The van der Waals surface area contributed by atoms with Crippen LogP contribution in [0.3, 0.4) is 0 Å². The summed E-state index contributed by atoms with van der Waals surface area (Å²) in [5.74, 6) is -1.12. The Labute approximate surface area is 148 Å². The van der Waals surface area contributed by atoms with Gasteiger partial charge >= 0.3 is 11.9 Å². The summed E-state index contributed by atoms with van der Waals surface area (Å²) >= 11 is 5.89. The van der Waals surface area contributed by atoms with Crippen LogP contribution in [0, 0.1) is 5.92 Å². The first-order valence-corrected chi connectivity index (χ1v) is 8.67. The van der Waals surface area contributed by atoms with Crippen molar-refractivity contribution in [1.29, 1.82) is 0 Å². The third-order valence-electron chi connectivity index (χ3n) is 3.34. The highest BCUT2D eigenvalue weighted by atomic mass is 35.5. The Hall–Kier alpha value is -1.75. The van der Waals surface area contributed by atoms with Crippen molar-refractivity contribution in [3.63, 3.8) is 0 Å². The summed E-state index contributed by atoms with van der Waals surface area (Å²) in [5, 5.41) is 0.638. The van der Waals surface area contributed by atoms with Crippen LogP contribution in [-0.4, -0.2) is 31.8 Å². The summed E-state index contributed by atoms with van der Waals surface area (Å²) in [6.45, 7) is 4.49. The second-order valence-corrected chi connectivity index (χ2v) is 5.65. The third kappa shape index (κ3) is 7.68. The number of carbonyl (C=O) groups excluding carboxylic acids is 2. The molecule has 1 rings (SSSR count). The Morgan fingerprint density at radius 2 is 1.71 bits per heavy atom. The Morgan fingerprint density at radius 1 is 1.04 bits per heavy atom. The minimum absolute atomic E-state index is 0.252. The number of ether oxygens (including phenoxy) is 3. The molecule has 0 saturated heterocycles. The largest absolute Gasteiger partial charge is 0.494 e. The lowest BCUT2D eigenvalue weighted by atomic mass is 10.0. The molecule has 5 nitrogen and oxygen atoms in total. The van der Waals surface area contributed by atoms with Gasteiger partial charge in [0.2, 0.25) is 0 Å². The first-order chi connectivity index (χ1) is 11.6. The highest BCUT2D eigenvalue weighted by Crippen LogP contribution is 2.18. The molecule has 0 saturated carbocycles. The molecule has 0 aliphatic carbocycles. The molecular formula is C18H25ClO5. The second kappa shape index (κ2) is 11.7. The first-order valence-electron chi connectivity index (χ1n) is 8.30. The Kier molecular flexibility index (Phi) is 9.92. The van der Waals surface area contributed by atoms with E-state index in [1.54, 1.807) is 26.0 Å². The average Bonchev–Trinajstić information content (AvgIpc) is 2.54. The minimum Gasteiger partial charge on any atom is -0.494 e. The molecule has 0 unspecified atom stereocenters. The second-order valence-electron chi connectivity index (χ2n) is 5.21. The lowest BCUT2D eigenvalue weighted by molar-refractivity contribution is -0.161. The Morgan fingerprint density at radius 3 is 2.29 bits per heavy atom. The van der Waals surface area contributed by atoms with E-state index in [-0.39, 0.29) is 13.2 Å². The van der Waals surface area contributed by atoms with E-state index in [9.17, 15) is 9.59 Å². The van der Waals surface area contributed by atoms with E-state index >= 15 is 0 Å². The molecule has 24 heavy (non-hydrogen) atoms. The minimum atomic E-state index is -0.834. The van der Waals surface area contributed by atoms with Gasteiger partial charge in [-0.2, -0.15) is 0 Å². The van der Waals surface area contributed by atoms with Gasteiger partial charge in [0, 0.05) is 5.02 Å². The smallest absolute Gasteiger partial charge is 0.320 e. The summed E-state index contributed by atoms with van der Waals surface area (Å²) in [7, 11) is 0. The number of unbranched alkanes of at least 4 members (excludes halogenated alkanes) is 2. The number of hydrogen-bond donors (Lipinski definition) is 0. The molecule has 0 heterocycles. The molecule has 0 amide bonds. The quantitative estimate of drug-likeness (QED) is 0.340. The fourth-order valence-electron chi connectivity index (χ4n) is 2.19. The lowest BCUT2D eigenvalue weighted by Gasteiger charge is -2.14. The molecule has 0 atom stereocenters. The van der Waals surface area contributed by atoms with Crippen molar-refractivity contribution in [3.05, 3.63) is 29.3 Å². The zero-order valence-corrected chi connectivity index (χ0v) is 15.0. The molecule has 1 aromatic rings. The summed E-state index contributed by atoms with van der Waals surface area (Å²) in [5.41, 5.74) is 0. The van der Waals surface area contributed by atoms with Crippen LogP contribution in [0.5, 0.6) is 5.75 Å². The van der Waals surface area contributed by atoms with Crippen LogP contribution in [0.1, 0.15) is 39.5 Å². The molecule has 0 radical (unpaired) electrons. The number of rotatable bonds is 11. The maximum Gasteiger partial charge on any atom is 0.320 e. The molecule has 0 fully saturated rings. The number of halogens is 1. The van der Waals surface area contributed by atoms with Gasteiger partial charge in [0.05, 0.1) is 19.8 Å². The van der Waals surface area contributed by atoms with Crippen molar-refractivity contribution in [2.24, 2.45) is 5.92 Å². The SMILES string of the molecule is CCOC(=O)C(CCCCCOc1cccc(Cl)c1)C(=O)OCC. The molecule has 0 aromatic heterocycles. The molecule has 0 bridgehead atoms. The normalized spacial score (nSPS) is 10.5. The van der Waals surface area contributed by atoms with E-state index in [1.807, 2.05) is 12.1 Å².